The van der Waals surface area contributed by atoms with Crippen molar-refractivity contribution < 1.29 is 23.1 Å². The molecule has 2 fully saturated rings. The van der Waals surface area contributed by atoms with Crippen LogP contribution < -0.4 is 5.01 Å². The molecule has 1 aromatic heterocycles. The first-order valence-electron chi connectivity index (χ1n) is 11.4. The van der Waals surface area contributed by atoms with E-state index in [4.69, 9.17) is 0 Å². The van der Waals surface area contributed by atoms with Crippen molar-refractivity contribution >= 4 is 23.5 Å². The van der Waals surface area contributed by atoms with Crippen molar-refractivity contribution in [1.82, 2.24) is 19.9 Å². The number of hydrogen-bond donors (Lipinski definition) is 1. The van der Waals surface area contributed by atoms with E-state index in [0.717, 1.165) is 37.1 Å². The van der Waals surface area contributed by atoms with Gasteiger partial charge in [-0.3, -0.25) is 9.80 Å². The van der Waals surface area contributed by atoms with Crippen LogP contribution in [-0.4, -0.2) is 75.6 Å². The highest BCUT2D eigenvalue weighted by Crippen LogP contribution is 2.52. The summed E-state index contributed by atoms with van der Waals surface area (Å²) in [4.78, 5) is 23.4. The summed E-state index contributed by atoms with van der Waals surface area (Å²) in [5, 5.41) is 16.7. The number of aliphatic hydroxyl groups is 1. The van der Waals surface area contributed by atoms with Crippen LogP contribution in [0, 0.1) is 11.3 Å². The third-order valence-corrected chi connectivity index (χ3v) is 8.20. The highest BCUT2D eigenvalue weighted by molar-refractivity contribution is 7.98. The smallest absolute Gasteiger partial charge is 0.388 e. The van der Waals surface area contributed by atoms with Gasteiger partial charge in [-0.15, -0.1) is 0 Å². The molecule has 184 valence electrons. The molecule has 1 aromatic rings. The average Bonchev–Trinajstić information content (AvgIpc) is 3.34. The number of hydrazine groups is 1. The number of anilines is 1. The number of carbonyl (C=O) groups is 1. The second kappa shape index (κ2) is 8.88. The van der Waals surface area contributed by atoms with Crippen LogP contribution in [0.15, 0.2) is 11.4 Å². The molecular weight excluding hydrogens is 455 g/mol. The number of nitrogens with zero attached hydrogens (tertiary/aromatic N) is 5. The summed E-state index contributed by atoms with van der Waals surface area (Å²) in [5.41, 5.74) is -0.558. The summed E-state index contributed by atoms with van der Waals surface area (Å²) in [6.45, 7) is 2.89. The molecule has 1 spiro atoms. The summed E-state index contributed by atoms with van der Waals surface area (Å²) in [6, 6.07) is 0. The Balaban J connectivity index is 1.51. The van der Waals surface area contributed by atoms with Crippen molar-refractivity contribution in [3.8, 4) is 0 Å². The van der Waals surface area contributed by atoms with E-state index in [1.54, 1.807) is 4.90 Å². The highest BCUT2D eigenvalue weighted by Gasteiger charge is 2.57. The van der Waals surface area contributed by atoms with Crippen LogP contribution in [0.1, 0.15) is 51.0 Å². The van der Waals surface area contributed by atoms with E-state index >= 15 is 0 Å². The van der Waals surface area contributed by atoms with E-state index in [2.05, 4.69) is 15.0 Å². The van der Waals surface area contributed by atoms with Crippen molar-refractivity contribution in [3.05, 3.63) is 11.8 Å². The molecule has 0 aromatic carbocycles. The lowest BCUT2D eigenvalue weighted by molar-refractivity contribution is -0.173. The molecule has 3 heterocycles. The third kappa shape index (κ3) is 4.68. The molecule has 1 saturated heterocycles. The Bertz CT molecular complexity index is 895. The second-order valence-electron chi connectivity index (χ2n) is 9.80. The lowest BCUT2D eigenvalue weighted by atomic mass is 9.65. The van der Waals surface area contributed by atoms with Gasteiger partial charge in [-0.05, 0) is 25.5 Å². The largest absolute Gasteiger partial charge is 0.389 e. The fraction of sp³-hybridized carbons (Fsp3) is 0.773. The summed E-state index contributed by atoms with van der Waals surface area (Å²) in [5.74, 6) is -0.753. The zero-order chi connectivity index (χ0) is 24.0. The van der Waals surface area contributed by atoms with Gasteiger partial charge in [-0.2, -0.15) is 13.2 Å². The second-order valence-corrected chi connectivity index (χ2v) is 10.6. The average molecular weight is 488 g/mol. The maximum atomic E-state index is 12.8. The van der Waals surface area contributed by atoms with E-state index < -0.39 is 35.4 Å². The molecule has 1 unspecified atom stereocenters. The van der Waals surface area contributed by atoms with E-state index in [0.29, 0.717) is 31.2 Å². The first kappa shape index (κ1) is 24.5. The molecule has 0 radical (unpaired) electrons. The number of halogens is 3. The Labute approximate surface area is 196 Å². The van der Waals surface area contributed by atoms with Gasteiger partial charge in [0.15, 0.2) is 11.0 Å². The topological polar surface area (TPSA) is 72.8 Å². The number of amides is 1. The normalized spacial score (nSPS) is 26.2. The summed E-state index contributed by atoms with van der Waals surface area (Å²) in [6.07, 6.45) is 2.03. The Morgan fingerprint density at radius 3 is 2.64 bits per heavy atom. The van der Waals surface area contributed by atoms with Crippen LogP contribution in [0.25, 0.3) is 0 Å². The maximum Gasteiger partial charge on any atom is 0.389 e. The number of β-amino-alcohol motifs (C(OH)–C–C–N with tert-alkyl or cyclic N) is 1. The van der Waals surface area contributed by atoms with Gasteiger partial charge in [-0.1, -0.05) is 31.5 Å². The highest BCUT2D eigenvalue weighted by atomic mass is 32.2. The fourth-order valence-electron chi connectivity index (χ4n) is 5.81. The Kier molecular flexibility index (Phi) is 6.60. The van der Waals surface area contributed by atoms with Crippen molar-refractivity contribution in [1.29, 1.82) is 0 Å². The zero-order valence-electron chi connectivity index (χ0n) is 19.4. The molecular formula is C22H32F3N5O2S. The molecule has 4 rings (SSSR count). The van der Waals surface area contributed by atoms with Gasteiger partial charge in [0.05, 0.1) is 12.0 Å². The van der Waals surface area contributed by atoms with Crippen LogP contribution in [0.4, 0.5) is 19.0 Å². The number of aromatic nitrogens is 2. The summed E-state index contributed by atoms with van der Waals surface area (Å²) in [7, 11) is 1.92. The number of piperidine rings is 1. The summed E-state index contributed by atoms with van der Waals surface area (Å²) < 4.78 is 38.5. The van der Waals surface area contributed by atoms with Crippen molar-refractivity contribution in [2.24, 2.45) is 11.3 Å². The standard InChI is InChI=1S/C22H32F3N5O2S/c1-15(10-22(23,24)25)18(31)29-9-8-21(32,20(13-29)6-4-5-7-20)14-30-12-16-11-26-19(33-3)27-17(16)28(30)2/h11,15,32H,4-10,12-14H2,1-3H3/t15-,21?/m1/s1. The molecule has 11 heteroatoms. The number of thioether (sulfide) groups is 1. The van der Waals surface area contributed by atoms with E-state index in [-0.39, 0.29) is 6.54 Å². The maximum absolute atomic E-state index is 12.8. The van der Waals surface area contributed by atoms with E-state index in [1.807, 2.05) is 24.5 Å². The van der Waals surface area contributed by atoms with Gasteiger partial charge >= 0.3 is 6.18 Å². The predicted molar refractivity (Wildman–Crippen MR) is 120 cm³/mol. The number of rotatable bonds is 5. The lowest BCUT2D eigenvalue weighted by Crippen LogP contribution is -2.65. The SMILES string of the molecule is CSc1ncc2c(n1)N(C)N(CC1(O)CCN(C(=O)[C@H](C)CC(F)(F)F)CC13CCCC3)C2. The quantitative estimate of drug-likeness (QED) is 0.504. The van der Waals surface area contributed by atoms with Gasteiger partial charge in [0, 0.05) is 56.3 Å². The van der Waals surface area contributed by atoms with Crippen molar-refractivity contribution in [3.63, 3.8) is 0 Å². The number of alkyl halides is 3. The van der Waals surface area contributed by atoms with Gasteiger partial charge < -0.3 is 10.0 Å². The monoisotopic (exact) mass is 487 g/mol. The molecule has 2 aliphatic heterocycles. The Morgan fingerprint density at radius 1 is 1.30 bits per heavy atom. The molecule has 0 bridgehead atoms. The minimum atomic E-state index is -4.37. The minimum absolute atomic E-state index is 0.264. The molecule has 1 saturated carbocycles. The van der Waals surface area contributed by atoms with Crippen LogP contribution in [0.5, 0.6) is 0 Å². The van der Waals surface area contributed by atoms with Crippen LogP contribution in [-0.2, 0) is 11.3 Å². The Hall–Kier alpha value is -1.59. The third-order valence-electron chi connectivity index (χ3n) is 7.64. The van der Waals surface area contributed by atoms with Gasteiger partial charge in [-0.25, -0.2) is 15.0 Å². The molecule has 33 heavy (non-hydrogen) atoms. The zero-order valence-corrected chi connectivity index (χ0v) is 20.2. The van der Waals surface area contributed by atoms with Crippen molar-refractivity contribution in [2.45, 2.75) is 68.9 Å². The fourth-order valence-corrected chi connectivity index (χ4v) is 6.14. The first-order chi connectivity index (χ1) is 15.5. The van der Waals surface area contributed by atoms with Gasteiger partial charge in [0.2, 0.25) is 5.91 Å². The van der Waals surface area contributed by atoms with Crippen LogP contribution in [0.2, 0.25) is 0 Å². The Morgan fingerprint density at radius 2 is 2.00 bits per heavy atom. The molecule has 1 N–H and O–H groups in total. The molecule has 1 amide bonds. The molecule has 1 aliphatic carbocycles. The first-order valence-corrected chi connectivity index (χ1v) is 12.7. The molecule has 2 atom stereocenters. The van der Waals surface area contributed by atoms with E-state index in [9.17, 15) is 23.1 Å². The van der Waals surface area contributed by atoms with Gasteiger partial charge in [0.25, 0.3) is 0 Å². The van der Waals surface area contributed by atoms with Crippen LogP contribution >= 0.6 is 11.8 Å². The van der Waals surface area contributed by atoms with Gasteiger partial charge in [0.1, 0.15) is 0 Å². The number of hydrogen-bond acceptors (Lipinski definition) is 7. The van der Waals surface area contributed by atoms with Crippen molar-refractivity contribution in [2.75, 3.05) is 37.9 Å². The molecule has 3 aliphatic rings. The summed E-state index contributed by atoms with van der Waals surface area (Å²) >= 11 is 1.47. The predicted octanol–water partition coefficient (Wildman–Crippen LogP) is 3.48. The van der Waals surface area contributed by atoms with Crippen LogP contribution in [0.3, 0.4) is 0 Å². The molecule has 7 nitrogen and oxygen atoms in total. The number of likely N-dealkylation sites (tertiary alicyclic amines) is 1. The number of carbonyl (C=O) groups excluding carboxylic acids is 1. The van der Waals surface area contributed by atoms with E-state index in [1.165, 1.54) is 18.7 Å². The number of fused-ring (bicyclic) bond motifs is 1. The lowest BCUT2D eigenvalue weighted by Gasteiger charge is -2.54. The minimum Gasteiger partial charge on any atom is -0.388 e.